The Morgan fingerprint density at radius 1 is 1.28 bits per heavy atom. The van der Waals surface area contributed by atoms with E-state index in [2.05, 4.69) is 0 Å². The highest BCUT2D eigenvalue weighted by Gasteiger charge is 2.46. The second kappa shape index (κ2) is 10.6. The minimum Gasteiger partial charge on any atom is -0.478 e. The van der Waals surface area contributed by atoms with Crippen LogP contribution in [0.15, 0.2) is 0 Å². The van der Waals surface area contributed by atoms with Crippen LogP contribution in [0.1, 0.15) is 12.8 Å². The Kier molecular flexibility index (Phi) is 9.56. The smallest absolute Gasteiger partial charge is 0.346 e. The maximum absolute atomic E-state index is 11.5. The standard InChI is InChI=1S/C14H27NO9S/c1-22-14(3-5-16,13(20)21)25-7-8-9(17)10(18)11(19)12(24-8)23-6-2-4-15/h8-12,16-19H,2-7,15H2,1H3,(H,20,21)/t8?,9-,10?,11?,12+,14-/m0/s1. The molecule has 0 spiro atoms. The van der Waals surface area contributed by atoms with Crippen molar-refractivity contribution < 1.29 is 44.5 Å². The number of nitrogens with two attached hydrogens (primary N) is 1. The van der Waals surface area contributed by atoms with Gasteiger partial charge in [-0.2, -0.15) is 0 Å². The van der Waals surface area contributed by atoms with Gasteiger partial charge in [0.25, 0.3) is 0 Å². The lowest BCUT2D eigenvalue weighted by atomic mass is 10.00. The van der Waals surface area contributed by atoms with E-state index >= 15 is 0 Å². The molecule has 6 atom stereocenters. The van der Waals surface area contributed by atoms with E-state index in [1.165, 1.54) is 7.11 Å². The van der Waals surface area contributed by atoms with Crippen LogP contribution >= 0.6 is 11.8 Å². The highest BCUT2D eigenvalue weighted by Crippen LogP contribution is 2.34. The highest BCUT2D eigenvalue weighted by atomic mass is 32.2. The molecule has 11 heteroatoms. The van der Waals surface area contributed by atoms with Gasteiger partial charge in [-0.05, 0) is 13.0 Å². The van der Waals surface area contributed by atoms with E-state index < -0.39 is 48.2 Å². The van der Waals surface area contributed by atoms with Crippen molar-refractivity contribution in [2.24, 2.45) is 5.73 Å². The molecule has 0 aromatic carbocycles. The van der Waals surface area contributed by atoms with Crippen molar-refractivity contribution in [2.75, 3.05) is 32.6 Å². The molecule has 1 aliphatic rings. The highest BCUT2D eigenvalue weighted by molar-refractivity contribution is 8.01. The zero-order valence-corrected chi connectivity index (χ0v) is 14.8. The maximum Gasteiger partial charge on any atom is 0.346 e. The number of hydrogen-bond acceptors (Lipinski definition) is 10. The van der Waals surface area contributed by atoms with Gasteiger partial charge in [-0.1, -0.05) is 0 Å². The van der Waals surface area contributed by atoms with E-state index in [4.69, 9.17) is 25.1 Å². The molecule has 0 aliphatic carbocycles. The summed E-state index contributed by atoms with van der Waals surface area (Å²) in [5.41, 5.74) is 5.36. The first kappa shape index (κ1) is 22.5. The van der Waals surface area contributed by atoms with Crippen LogP contribution in [-0.2, 0) is 19.0 Å². The Morgan fingerprint density at radius 3 is 2.48 bits per heavy atom. The maximum atomic E-state index is 11.5. The predicted molar refractivity (Wildman–Crippen MR) is 87.8 cm³/mol. The number of hydrogen-bond donors (Lipinski definition) is 6. The van der Waals surface area contributed by atoms with Crippen molar-refractivity contribution in [3.05, 3.63) is 0 Å². The number of carboxylic acids is 1. The Balaban J connectivity index is 2.75. The lowest BCUT2D eigenvalue weighted by molar-refractivity contribution is -0.292. The first-order valence-corrected chi connectivity index (χ1v) is 8.86. The number of carbonyl (C=O) groups is 1. The van der Waals surface area contributed by atoms with Crippen LogP contribution in [0.5, 0.6) is 0 Å². The van der Waals surface area contributed by atoms with Gasteiger partial charge in [0.05, 0.1) is 12.7 Å². The zero-order valence-electron chi connectivity index (χ0n) is 14.0. The summed E-state index contributed by atoms with van der Waals surface area (Å²) in [6.07, 6.45) is -6.22. The molecule has 1 rings (SSSR count). The van der Waals surface area contributed by atoms with Crippen LogP contribution in [0, 0.1) is 0 Å². The third kappa shape index (κ3) is 5.74. The fraction of sp³-hybridized carbons (Fsp3) is 0.929. The Labute approximate surface area is 149 Å². The lowest BCUT2D eigenvalue weighted by Gasteiger charge is -2.41. The number of ether oxygens (including phenoxy) is 3. The largest absolute Gasteiger partial charge is 0.478 e. The summed E-state index contributed by atoms with van der Waals surface area (Å²) in [4.78, 5) is 9.75. The number of aliphatic carboxylic acids is 1. The monoisotopic (exact) mass is 385 g/mol. The summed E-state index contributed by atoms with van der Waals surface area (Å²) in [7, 11) is 1.20. The Morgan fingerprint density at radius 2 is 1.96 bits per heavy atom. The van der Waals surface area contributed by atoms with E-state index in [1.807, 2.05) is 0 Å². The fourth-order valence-corrected chi connectivity index (χ4v) is 3.51. The molecule has 0 saturated carbocycles. The summed E-state index contributed by atoms with van der Waals surface area (Å²) in [5, 5.41) is 48.4. The molecular weight excluding hydrogens is 358 g/mol. The Hall–Kier alpha value is -0.500. The first-order valence-electron chi connectivity index (χ1n) is 7.87. The van der Waals surface area contributed by atoms with Gasteiger partial charge < -0.3 is 45.5 Å². The molecule has 0 bridgehead atoms. The Bertz CT molecular complexity index is 416. The topological polar surface area (TPSA) is 172 Å². The zero-order chi connectivity index (χ0) is 19.0. The molecule has 0 aromatic rings. The second-order valence-corrected chi connectivity index (χ2v) is 6.86. The number of thioether (sulfide) groups is 1. The average Bonchev–Trinajstić information content (AvgIpc) is 2.59. The van der Waals surface area contributed by atoms with Gasteiger partial charge in [-0.25, -0.2) is 4.79 Å². The van der Waals surface area contributed by atoms with Crippen LogP contribution in [0.3, 0.4) is 0 Å². The minimum absolute atomic E-state index is 0.0676. The van der Waals surface area contributed by atoms with Gasteiger partial charge in [-0.3, -0.25) is 0 Å². The van der Waals surface area contributed by atoms with Gasteiger partial charge in [0, 0.05) is 25.9 Å². The predicted octanol–water partition coefficient (Wildman–Crippen LogP) is -2.30. The summed E-state index contributed by atoms with van der Waals surface area (Å²) >= 11 is 0.811. The van der Waals surface area contributed by atoms with Gasteiger partial charge >= 0.3 is 5.97 Å². The summed E-state index contributed by atoms with van der Waals surface area (Å²) in [6, 6.07) is 0. The first-order chi connectivity index (χ1) is 11.8. The van der Waals surface area contributed by atoms with E-state index in [9.17, 15) is 25.2 Å². The number of methoxy groups -OCH3 is 1. The fourth-order valence-electron chi connectivity index (χ4n) is 2.33. The number of carboxylic acid groups (broad SMARTS) is 1. The van der Waals surface area contributed by atoms with Gasteiger partial charge in [0.1, 0.15) is 18.3 Å². The van der Waals surface area contributed by atoms with E-state index in [0.29, 0.717) is 13.0 Å². The van der Waals surface area contributed by atoms with E-state index in [-0.39, 0.29) is 18.8 Å². The van der Waals surface area contributed by atoms with E-state index in [0.717, 1.165) is 11.8 Å². The van der Waals surface area contributed by atoms with Gasteiger partial charge in [0.15, 0.2) is 6.29 Å². The van der Waals surface area contributed by atoms with Crippen LogP contribution in [0.25, 0.3) is 0 Å². The molecule has 0 aromatic heterocycles. The van der Waals surface area contributed by atoms with E-state index in [1.54, 1.807) is 0 Å². The molecule has 1 aliphatic heterocycles. The third-order valence-electron chi connectivity index (χ3n) is 3.88. The third-order valence-corrected chi connectivity index (χ3v) is 5.38. The second-order valence-electron chi connectivity index (χ2n) is 5.57. The molecule has 10 nitrogen and oxygen atoms in total. The van der Waals surface area contributed by atoms with Gasteiger partial charge in [0.2, 0.25) is 4.93 Å². The normalized spacial score (nSPS) is 32.3. The SMILES string of the molecule is CO[C@@](CCO)(SCC1O[C@@H](OCCCN)C(O)C(O)[C@H]1O)C(=O)O. The van der Waals surface area contributed by atoms with Crippen molar-refractivity contribution in [3.63, 3.8) is 0 Å². The molecule has 148 valence electrons. The number of aliphatic hydroxyl groups is 4. The molecule has 0 radical (unpaired) electrons. The molecule has 3 unspecified atom stereocenters. The van der Waals surface area contributed by atoms with Crippen molar-refractivity contribution in [1.29, 1.82) is 0 Å². The van der Waals surface area contributed by atoms with Crippen molar-refractivity contribution in [1.82, 2.24) is 0 Å². The van der Waals surface area contributed by atoms with Crippen molar-refractivity contribution >= 4 is 17.7 Å². The summed E-state index contributed by atoms with van der Waals surface area (Å²) in [5.74, 6) is -1.35. The van der Waals surface area contributed by atoms with Crippen LogP contribution in [-0.4, -0.2) is 99.8 Å². The summed E-state index contributed by atoms with van der Waals surface area (Å²) in [6.45, 7) is 0.166. The number of aliphatic hydroxyl groups excluding tert-OH is 4. The minimum atomic E-state index is -1.71. The lowest BCUT2D eigenvalue weighted by Crippen LogP contribution is -2.59. The van der Waals surface area contributed by atoms with Crippen molar-refractivity contribution in [3.8, 4) is 0 Å². The molecule has 25 heavy (non-hydrogen) atoms. The summed E-state index contributed by atoms with van der Waals surface area (Å²) < 4.78 is 15.8. The molecule has 1 fully saturated rings. The molecular formula is C14H27NO9S. The number of rotatable bonds is 11. The average molecular weight is 385 g/mol. The molecule has 0 amide bonds. The van der Waals surface area contributed by atoms with Crippen LogP contribution in [0.4, 0.5) is 0 Å². The van der Waals surface area contributed by atoms with Gasteiger partial charge in [-0.15, -0.1) is 11.8 Å². The van der Waals surface area contributed by atoms with Crippen molar-refractivity contribution in [2.45, 2.75) is 48.5 Å². The molecule has 1 heterocycles. The quantitative estimate of drug-likeness (QED) is 0.167. The van der Waals surface area contributed by atoms with Crippen LogP contribution in [0.2, 0.25) is 0 Å². The molecule has 7 N–H and O–H groups in total. The molecule has 1 saturated heterocycles. The van der Waals surface area contributed by atoms with Crippen LogP contribution < -0.4 is 5.73 Å².